The van der Waals surface area contributed by atoms with Crippen LogP contribution in [0, 0.1) is 0 Å². The maximum Gasteiger partial charge on any atom is 0.0218 e. The van der Waals surface area contributed by atoms with Gasteiger partial charge in [-0.25, -0.2) is 0 Å². The van der Waals surface area contributed by atoms with E-state index in [1.807, 2.05) is 0 Å². The second-order valence-corrected chi connectivity index (χ2v) is 3.66. The standard InChI is InChI=1S/C11H22N2/c1-3-5-6-8-13-9-7-12-10-11(13)4-2/h3,5,11-12H,4,6-10H2,1-2H3/b5-3+. The largest absolute Gasteiger partial charge is 0.314 e. The summed E-state index contributed by atoms with van der Waals surface area (Å²) in [6.45, 7) is 9.15. The molecule has 1 unspecified atom stereocenters. The van der Waals surface area contributed by atoms with Gasteiger partial charge in [-0.1, -0.05) is 19.1 Å². The van der Waals surface area contributed by atoms with E-state index in [4.69, 9.17) is 0 Å². The van der Waals surface area contributed by atoms with E-state index in [0.717, 1.165) is 12.6 Å². The zero-order chi connectivity index (χ0) is 9.52. The van der Waals surface area contributed by atoms with Gasteiger partial charge in [-0.15, -0.1) is 0 Å². The number of hydrogen-bond acceptors (Lipinski definition) is 2. The van der Waals surface area contributed by atoms with Crippen molar-refractivity contribution in [3.63, 3.8) is 0 Å². The number of piperazine rings is 1. The molecule has 0 aliphatic carbocycles. The molecule has 13 heavy (non-hydrogen) atoms. The molecule has 1 saturated heterocycles. The van der Waals surface area contributed by atoms with Crippen LogP contribution in [0.15, 0.2) is 12.2 Å². The lowest BCUT2D eigenvalue weighted by Gasteiger charge is -2.35. The molecule has 1 atom stereocenters. The topological polar surface area (TPSA) is 15.3 Å². The van der Waals surface area contributed by atoms with Crippen molar-refractivity contribution in [3.05, 3.63) is 12.2 Å². The number of rotatable bonds is 4. The molecule has 1 aliphatic heterocycles. The second-order valence-electron chi connectivity index (χ2n) is 3.66. The molecule has 1 fully saturated rings. The molecule has 0 aromatic rings. The van der Waals surface area contributed by atoms with Gasteiger partial charge in [0.1, 0.15) is 0 Å². The number of allylic oxidation sites excluding steroid dienone is 1. The Hall–Kier alpha value is -0.340. The summed E-state index contributed by atoms with van der Waals surface area (Å²) in [5.41, 5.74) is 0. The van der Waals surface area contributed by atoms with Crippen LogP contribution in [-0.4, -0.2) is 37.1 Å². The molecule has 0 bridgehead atoms. The van der Waals surface area contributed by atoms with Gasteiger partial charge in [0.25, 0.3) is 0 Å². The van der Waals surface area contributed by atoms with Crippen molar-refractivity contribution >= 4 is 0 Å². The molecule has 1 aliphatic rings. The first-order valence-electron chi connectivity index (χ1n) is 5.44. The molecule has 1 N–H and O–H groups in total. The van der Waals surface area contributed by atoms with Crippen LogP contribution in [0.2, 0.25) is 0 Å². The van der Waals surface area contributed by atoms with Gasteiger partial charge in [0, 0.05) is 32.2 Å². The third-order valence-corrected chi connectivity index (χ3v) is 2.76. The molecule has 76 valence electrons. The fraction of sp³-hybridized carbons (Fsp3) is 0.818. The Bertz CT molecular complexity index is 154. The lowest BCUT2D eigenvalue weighted by atomic mass is 10.1. The maximum absolute atomic E-state index is 3.45. The molecule has 2 heteroatoms. The van der Waals surface area contributed by atoms with Gasteiger partial charge < -0.3 is 5.32 Å². The van der Waals surface area contributed by atoms with Crippen molar-refractivity contribution in [3.8, 4) is 0 Å². The van der Waals surface area contributed by atoms with E-state index >= 15 is 0 Å². The molecular weight excluding hydrogens is 160 g/mol. The summed E-state index contributed by atoms with van der Waals surface area (Å²) < 4.78 is 0. The molecule has 1 rings (SSSR count). The van der Waals surface area contributed by atoms with Crippen molar-refractivity contribution in [2.45, 2.75) is 32.7 Å². The molecule has 0 aromatic heterocycles. The summed E-state index contributed by atoms with van der Waals surface area (Å²) in [7, 11) is 0. The average Bonchev–Trinajstić information content (AvgIpc) is 2.19. The molecule has 0 amide bonds. The molecular formula is C11H22N2. The molecule has 1 heterocycles. The summed E-state index contributed by atoms with van der Waals surface area (Å²) in [6.07, 6.45) is 6.87. The number of nitrogens with zero attached hydrogens (tertiary/aromatic N) is 1. The minimum absolute atomic E-state index is 0.763. The molecule has 0 spiro atoms. The van der Waals surface area contributed by atoms with E-state index in [-0.39, 0.29) is 0 Å². The van der Waals surface area contributed by atoms with Crippen LogP contribution in [-0.2, 0) is 0 Å². The monoisotopic (exact) mass is 182 g/mol. The van der Waals surface area contributed by atoms with Crippen molar-refractivity contribution in [1.82, 2.24) is 10.2 Å². The predicted molar refractivity (Wildman–Crippen MR) is 58.0 cm³/mol. The average molecular weight is 182 g/mol. The van der Waals surface area contributed by atoms with Gasteiger partial charge in [0.15, 0.2) is 0 Å². The normalized spacial score (nSPS) is 25.5. The van der Waals surface area contributed by atoms with Gasteiger partial charge in [-0.2, -0.15) is 0 Å². The highest BCUT2D eigenvalue weighted by Crippen LogP contribution is 2.07. The van der Waals surface area contributed by atoms with Crippen LogP contribution < -0.4 is 5.32 Å². The highest BCUT2D eigenvalue weighted by atomic mass is 15.2. The van der Waals surface area contributed by atoms with Crippen LogP contribution in [0.25, 0.3) is 0 Å². The first-order chi connectivity index (χ1) is 6.38. The second kappa shape index (κ2) is 6.17. The minimum Gasteiger partial charge on any atom is -0.314 e. The quantitative estimate of drug-likeness (QED) is 0.665. The summed E-state index contributed by atoms with van der Waals surface area (Å²) in [5.74, 6) is 0. The van der Waals surface area contributed by atoms with E-state index < -0.39 is 0 Å². The number of hydrogen-bond donors (Lipinski definition) is 1. The Kier molecular flexibility index (Phi) is 5.09. The van der Waals surface area contributed by atoms with E-state index in [0.29, 0.717) is 0 Å². The maximum atomic E-state index is 3.45. The first kappa shape index (κ1) is 10.7. The minimum atomic E-state index is 0.763. The Morgan fingerprint density at radius 1 is 1.54 bits per heavy atom. The van der Waals surface area contributed by atoms with Gasteiger partial charge in [-0.3, -0.25) is 4.90 Å². The van der Waals surface area contributed by atoms with Crippen LogP contribution in [0.5, 0.6) is 0 Å². The SMILES string of the molecule is C/C=C/CCN1CCNCC1CC. The van der Waals surface area contributed by atoms with E-state index in [2.05, 4.69) is 36.2 Å². The first-order valence-corrected chi connectivity index (χ1v) is 5.44. The highest BCUT2D eigenvalue weighted by Gasteiger charge is 2.18. The fourth-order valence-electron chi connectivity index (χ4n) is 1.91. The zero-order valence-electron chi connectivity index (χ0n) is 8.92. The van der Waals surface area contributed by atoms with Crippen molar-refractivity contribution < 1.29 is 0 Å². The van der Waals surface area contributed by atoms with E-state index in [9.17, 15) is 0 Å². The molecule has 2 nitrogen and oxygen atoms in total. The predicted octanol–water partition coefficient (Wildman–Crippen LogP) is 1.64. The lowest BCUT2D eigenvalue weighted by Crippen LogP contribution is -2.51. The summed E-state index contributed by atoms with van der Waals surface area (Å²) in [6, 6.07) is 0.763. The van der Waals surface area contributed by atoms with Gasteiger partial charge in [0.05, 0.1) is 0 Å². The Balaban J connectivity index is 2.27. The van der Waals surface area contributed by atoms with Crippen LogP contribution in [0.1, 0.15) is 26.7 Å². The lowest BCUT2D eigenvalue weighted by molar-refractivity contribution is 0.160. The van der Waals surface area contributed by atoms with E-state index in [1.54, 1.807) is 0 Å². The van der Waals surface area contributed by atoms with Crippen molar-refractivity contribution in [2.75, 3.05) is 26.2 Å². The summed E-state index contributed by atoms with van der Waals surface area (Å²) in [4.78, 5) is 2.61. The highest BCUT2D eigenvalue weighted by molar-refractivity contribution is 4.83. The zero-order valence-corrected chi connectivity index (χ0v) is 8.92. The smallest absolute Gasteiger partial charge is 0.0218 e. The third kappa shape index (κ3) is 3.49. The molecule has 0 saturated carbocycles. The van der Waals surface area contributed by atoms with Crippen molar-refractivity contribution in [2.24, 2.45) is 0 Å². The Labute approximate surface area is 82.0 Å². The van der Waals surface area contributed by atoms with Crippen LogP contribution in [0.4, 0.5) is 0 Å². The van der Waals surface area contributed by atoms with Gasteiger partial charge >= 0.3 is 0 Å². The van der Waals surface area contributed by atoms with Crippen LogP contribution >= 0.6 is 0 Å². The fourth-order valence-corrected chi connectivity index (χ4v) is 1.91. The van der Waals surface area contributed by atoms with E-state index in [1.165, 1.54) is 32.5 Å². The van der Waals surface area contributed by atoms with Gasteiger partial charge in [0.2, 0.25) is 0 Å². The van der Waals surface area contributed by atoms with Gasteiger partial charge in [-0.05, 0) is 19.8 Å². The molecule has 0 radical (unpaired) electrons. The Morgan fingerprint density at radius 3 is 3.08 bits per heavy atom. The third-order valence-electron chi connectivity index (χ3n) is 2.76. The summed E-state index contributed by atoms with van der Waals surface area (Å²) in [5, 5.41) is 3.45. The Morgan fingerprint density at radius 2 is 2.38 bits per heavy atom. The van der Waals surface area contributed by atoms with Crippen LogP contribution in [0.3, 0.4) is 0 Å². The van der Waals surface area contributed by atoms with Crippen molar-refractivity contribution in [1.29, 1.82) is 0 Å². The summed E-state index contributed by atoms with van der Waals surface area (Å²) >= 11 is 0. The molecule has 0 aromatic carbocycles. The number of nitrogens with one attached hydrogen (secondary N) is 1.